The zero-order valence-corrected chi connectivity index (χ0v) is 11.9. The van der Waals surface area contributed by atoms with Gasteiger partial charge < -0.3 is 10.6 Å². The molecule has 100 valence electrons. The SMILES string of the molecule is CC(C)C1CCC(N2CCC(C(C)N)C2)CC1. The molecule has 0 spiro atoms. The van der Waals surface area contributed by atoms with E-state index in [1.165, 1.54) is 45.2 Å². The van der Waals surface area contributed by atoms with Crippen molar-refractivity contribution in [2.75, 3.05) is 13.1 Å². The molecule has 1 heterocycles. The first-order chi connectivity index (χ1) is 8.08. The van der Waals surface area contributed by atoms with E-state index in [4.69, 9.17) is 5.73 Å². The summed E-state index contributed by atoms with van der Waals surface area (Å²) in [6.07, 6.45) is 7.06. The van der Waals surface area contributed by atoms with Crippen molar-refractivity contribution >= 4 is 0 Å². The second-order valence-corrected chi connectivity index (χ2v) is 6.72. The number of rotatable bonds is 3. The Kier molecular flexibility index (Phi) is 4.48. The van der Waals surface area contributed by atoms with Crippen molar-refractivity contribution in [1.82, 2.24) is 4.90 Å². The minimum absolute atomic E-state index is 0.381. The van der Waals surface area contributed by atoms with Crippen molar-refractivity contribution < 1.29 is 0 Å². The molecule has 17 heavy (non-hydrogen) atoms. The van der Waals surface area contributed by atoms with Gasteiger partial charge in [-0.1, -0.05) is 13.8 Å². The second-order valence-electron chi connectivity index (χ2n) is 6.72. The van der Waals surface area contributed by atoms with Gasteiger partial charge in [-0.15, -0.1) is 0 Å². The van der Waals surface area contributed by atoms with Crippen LogP contribution in [0.4, 0.5) is 0 Å². The van der Waals surface area contributed by atoms with Crippen LogP contribution in [0.3, 0.4) is 0 Å². The van der Waals surface area contributed by atoms with Crippen molar-refractivity contribution in [2.45, 2.75) is 65.0 Å². The predicted octanol–water partition coefficient (Wildman–Crippen LogP) is 2.87. The number of nitrogens with two attached hydrogens (primary N) is 1. The Bertz CT molecular complexity index is 229. The third-order valence-electron chi connectivity index (χ3n) is 5.20. The molecule has 2 aliphatic rings. The average molecular weight is 238 g/mol. The fraction of sp³-hybridized carbons (Fsp3) is 1.00. The summed E-state index contributed by atoms with van der Waals surface area (Å²) in [7, 11) is 0. The van der Waals surface area contributed by atoms with Gasteiger partial charge in [0.1, 0.15) is 0 Å². The summed E-state index contributed by atoms with van der Waals surface area (Å²) in [5, 5.41) is 0. The average Bonchev–Trinajstić information content (AvgIpc) is 2.78. The fourth-order valence-corrected chi connectivity index (χ4v) is 3.71. The van der Waals surface area contributed by atoms with Crippen LogP contribution in [-0.4, -0.2) is 30.1 Å². The van der Waals surface area contributed by atoms with Crippen LogP contribution in [-0.2, 0) is 0 Å². The molecule has 2 fully saturated rings. The lowest BCUT2D eigenvalue weighted by atomic mass is 9.79. The first-order valence-corrected chi connectivity index (χ1v) is 7.57. The van der Waals surface area contributed by atoms with Gasteiger partial charge >= 0.3 is 0 Å². The number of hydrogen-bond acceptors (Lipinski definition) is 2. The van der Waals surface area contributed by atoms with E-state index >= 15 is 0 Å². The van der Waals surface area contributed by atoms with Gasteiger partial charge in [-0.25, -0.2) is 0 Å². The van der Waals surface area contributed by atoms with Crippen molar-refractivity contribution in [1.29, 1.82) is 0 Å². The molecule has 0 aromatic heterocycles. The van der Waals surface area contributed by atoms with Crippen LogP contribution in [0.5, 0.6) is 0 Å². The van der Waals surface area contributed by atoms with E-state index < -0.39 is 0 Å². The highest BCUT2D eigenvalue weighted by molar-refractivity contribution is 4.87. The topological polar surface area (TPSA) is 29.3 Å². The molecule has 1 aliphatic heterocycles. The van der Waals surface area contributed by atoms with Gasteiger partial charge in [-0.05, 0) is 63.3 Å². The summed E-state index contributed by atoms with van der Waals surface area (Å²) in [6.45, 7) is 9.49. The summed E-state index contributed by atoms with van der Waals surface area (Å²) in [5.74, 6) is 2.61. The highest BCUT2D eigenvalue weighted by atomic mass is 15.2. The van der Waals surface area contributed by atoms with E-state index in [2.05, 4.69) is 25.7 Å². The molecule has 0 aromatic carbocycles. The van der Waals surface area contributed by atoms with Crippen LogP contribution in [0.25, 0.3) is 0 Å². The van der Waals surface area contributed by atoms with Crippen molar-refractivity contribution in [3.63, 3.8) is 0 Å². The zero-order chi connectivity index (χ0) is 12.4. The molecule has 0 amide bonds. The van der Waals surface area contributed by atoms with E-state index in [-0.39, 0.29) is 0 Å². The van der Waals surface area contributed by atoms with Crippen LogP contribution in [0.2, 0.25) is 0 Å². The van der Waals surface area contributed by atoms with Crippen molar-refractivity contribution in [3.8, 4) is 0 Å². The molecule has 1 saturated carbocycles. The third-order valence-corrected chi connectivity index (χ3v) is 5.20. The van der Waals surface area contributed by atoms with Gasteiger partial charge in [0.25, 0.3) is 0 Å². The van der Waals surface area contributed by atoms with Crippen LogP contribution in [0.15, 0.2) is 0 Å². The first-order valence-electron chi connectivity index (χ1n) is 7.57. The number of nitrogens with zero attached hydrogens (tertiary/aromatic N) is 1. The monoisotopic (exact) mass is 238 g/mol. The molecule has 2 rings (SSSR count). The number of hydrogen-bond donors (Lipinski definition) is 1. The Hall–Kier alpha value is -0.0800. The molecule has 2 atom stereocenters. The van der Waals surface area contributed by atoms with E-state index in [0.717, 1.165) is 23.8 Å². The molecule has 2 N–H and O–H groups in total. The molecule has 2 unspecified atom stereocenters. The number of likely N-dealkylation sites (tertiary alicyclic amines) is 1. The Labute approximate surface area is 107 Å². The molecule has 0 aromatic rings. The van der Waals surface area contributed by atoms with E-state index in [9.17, 15) is 0 Å². The maximum Gasteiger partial charge on any atom is 0.00955 e. The molecule has 2 nitrogen and oxygen atoms in total. The molecule has 1 saturated heterocycles. The van der Waals surface area contributed by atoms with Gasteiger partial charge in [0.15, 0.2) is 0 Å². The predicted molar refractivity (Wildman–Crippen MR) is 73.9 cm³/mol. The highest BCUT2D eigenvalue weighted by Gasteiger charge is 2.32. The van der Waals surface area contributed by atoms with Gasteiger partial charge in [-0.2, -0.15) is 0 Å². The van der Waals surface area contributed by atoms with Gasteiger partial charge in [0.2, 0.25) is 0 Å². The Morgan fingerprint density at radius 1 is 0.941 bits per heavy atom. The highest BCUT2D eigenvalue weighted by Crippen LogP contribution is 2.34. The molecule has 1 aliphatic carbocycles. The van der Waals surface area contributed by atoms with Crippen LogP contribution >= 0.6 is 0 Å². The maximum absolute atomic E-state index is 6.02. The van der Waals surface area contributed by atoms with Gasteiger partial charge in [-0.3, -0.25) is 0 Å². The van der Waals surface area contributed by atoms with Crippen LogP contribution < -0.4 is 5.73 Å². The van der Waals surface area contributed by atoms with Gasteiger partial charge in [0.05, 0.1) is 0 Å². The van der Waals surface area contributed by atoms with Crippen molar-refractivity contribution in [3.05, 3.63) is 0 Å². The van der Waals surface area contributed by atoms with E-state index in [1.807, 2.05) is 0 Å². The maximum atomic E-state index is 6.02. The lowest BCUT2D eigenvalue weighted by Crippen LogP contribution is -2.38. The van der Waals surface area contributed by atoms with E-state index in [0.29, 0.717) is 6.04 Å². The Balaban J connectivity index is 1.78. The second kappa shape index (κ2) is 5.71. The molecule has 0 bridgehead atoms. The summed E-state index contributed by atoms with van der Waals surface area (Å²) in [4.78, 5) is 2.73. The largest absolute Gasteiger partial charge is 0.328 e. The molecular formula is C15H30N2. The lowest BCUT2D eigenvalue weighted by Gasteiger charge is -2.36. The summed E-state index contributed by atoms with van der Waals surface area (Å²) in [5.41, 5.74) is 6.02. The molecule has 0 radical (unpaired) electrons. The minimum atomic E-state index is 0.381. The van der Waals surface area contributed by atoms with Gasteiger partial charge in [0, 0.05) is 18.6 Å². The summed E-state index contributed by atoms with van der Waals surface area (Å²) < 4.78 is 0. The third kappa shape index (κ3) is 3.23. The standard InChI is InChI=1S/C15H30N2/c1-11(2)13-4-6-15(7-5-13)17-9-8-14(10-17)12(3)16/h11-15H,4-10,16H2,1-3H3. The minimum Gasteiger partial charge on any atom is -0.328 e. The van der Waals surface area contributed by atoms with E-state index in [1.54, 1.807) is 0 Å². The van der Waals surface area contributed by atoms with Crippen LogP contribution in [0.1, 0.15) is 52.9 Å². The molecular weight excluding hydrogens is 208 g/mol. The van der Waals surface area contributed by atoms with Crippen molar-refractivity contribution in [2.24, 2.45) is 23.5 Å². The summed E-state index contributed by atoms with van der Waals surface area (Å²) >= 11 is 0. The quantitative estimate of drug-likeness (QED) is 0.819. The Morgan fingerprint density at radius 2 is 1.59 bits per heavy atom. The molecule has 2 heteroatoms. The smallest absolute Gasteiger partial charge is 0.00955 e. The zero-order valence-electron chi connectivity index (χ0n) is 11.9. The van der Waals surface area contributed by atoms with Crippen LogP contribution in [0, 0.1) is 17.8 Å². The fourth-order valence-electron chi connectivity index (χ4n) is 3.71. The Morgan fingerprint density at radius 3 is 2.06 bits per heavy atom. The summed E-state index contributed by atoms with van der Waals surface area (Å²) in [6, 6.07) is 1.25. The normalized spacial score (nSPS) is 37.6. The first kappa shape index (κ1) is 13.4. The lowest BCUT2D eigenvalue weighted by molar-refractivity contribution is 0.141.